The SMILES string of the molecule is CC1CCN(c2ccc(N(CCNS(C)(=O)=O)S(C)(=O)=O)cc2)CC1. The highest BCUT2D eigenvalue weighted by molar-refractivity contribution is 7.92. The van der Waals surface area contributed by atoms with Crippen molar-refractivity contribution in [1.29, 1.82) is 0 Å². The van der Waals surface area contributed by atoms with Crippen LogP contribution in [0.15, 0.2) is 24.3 Å². The number of benzene rings is 1. The molecule has 7 nitrogen and oxygen atoms in total. The maximum absolute atomic E-state index is 12.0. The third kappa shape index (κ3) is 6.16. The number of hydrogen-bond donors (Lipinski definition) is 1. The number of anilines is 2. The lowest BCUT2D eigenvalue weighted by Crippen LogP contribution is -2.38. The van der Waals surface area contributed by atoms with E-state index in [-0.39, 0.29) is 13.1 Å². The molecule has 1 heterocycles. The molecule has 142 valence electrons. The van der Waals surface area contributed by atoms with E-state index in [1.54, 1.807) is 12.1 Å². The van der Waals surface area contributed by atoms with E-state index in [1.807, 2.05) is 12.1 Å². The summed E-state index contributed by atoms with van der Waals surface area (Å²) < 4.78 is 49.9. The van der Waals surface area contributed by atoms with Crippen molar-refractivity contribution in [3.8, 4) is 0 Å². The quantitative estimate of drug-likeness (QED) is 0.758. The maximum Gasteiger partial charge on any atom is 0.232 e. The fourth-order valence-corrected chi connectivity index (χ4v) is 4.31. The summed E-state index contributed by atoms with van der Waals surface area (Å²) in [6.07, 6.45) is 4.49. The summed E-state index contributed by atoms with van der Waals surface area (Å²) in [6.45, 7) is 4.35. The normalized spacial score (nSPS) is 16.8. The summed E-state index contributed by atoms with van der Waals surface area (Å²) in [6, 6.07) is 7.39. The number of piperidine rings is 1. The Hall–Kier alpha value is -1.32. The molecule has 0 atom stereocenters. The summed E-state index contributed by atoms with van der Waals surface area (Å²) in [4.78, 5) is 2.31. The van der Waals surface area contributed by atoms with E-state index in [9.17, 15) is 16.8 Å². The minimum atomic E-state index is -3.50. The second-order valence-corrected chi connectivity index (χ2v) is 10.4. The van der Waals surface area contributed by atoms with E-state index < -0.39 is 20.0 Å². The second-order valence-electron chi connectivity index (χ2n) is 6.69. The van der Waals surface area contributed by atoms with Crippen LogP contribution in [0.5, 0.6) is 0 Å². The Bertz CT molecular complexity index is 768. The van der Waals surface area contributed by atoms with Gasteiger partial charge in [0.2, 0.25) is 20.0 Å². The lowest BCUT2D eigenvalue weighted by atomic mass is 9.99. The highest BCUT2D eigenvalue weighted by Crippen LogP contribution is 2.26. The zero-order valence-electron chi connectivity index (χ0n) is 15.0. The van der Waals surface area contributed by atoms with Gasteiger partial charge >= 0.3 is 0 Å². The number of rotatable bonds is 7. The van der Waals surface area contributed by atoms with Crippen molar-refractivity contribution in [3.63, 3.8) is 0 Å². The fourth-order valence-electron chi connectivity index (χ4n) is 2.92. The Kier molecular flexibility index (Phi) is 6.34. The molecule has 0 amide bonds. The van der Waals surface area contributed by atoms with Crippen LogP contribution < -0.4 is 13.9 Å². The molecule has 1 N–H and O–H groups in total. The van der Waals surface area contributed by atoms with E-state index >= 15 is 0 Å². The fraction of sp³-hybridized carbons (Fsp3) is 0.625. The van der Waals surface area contributed by atoms with Crippen LogP contribution in [0.25, 0.3) is 0 Å². The van der Waals surface area contributed by atoms with Crippen LogP contribution >= 0.6 is 0 Å². The minimum Gasteiger partial charge on any atom is -0.372 e. The van der Waals surface area contributed by atoms with Gasteiger partial charge < -0.3 is 4.90 Å². The Morgan fingerprint density at radius 1 is 1.08 bits per heavy atom. The van der Waals surface area contributed by atoms with Crippen molar-refractivity contribution >= 4 is 31.4 Å². The average molecular weight is 390 g/mol. The van der Waals surface area contributed by atoms with E-state index in [4.69, 9.17) is 0 Å². The van der Waals surface area contributed by atoms with Crippen molar-refractivity contribution < 1.29 is 16.8 Å². The van der Waals surface area contributed by atoms with Crippen LogP contribution in [-0.4, -0.2) is 55.5 Å². The van der Waals surface area contributed by atoms with E-state index in [1.165, 1.54) is 4.31 Å². The Labute approximate surface area is 151 Å². The molecule has 0 aromatic heterocycles. The van der Waals surface area contributed by atoms with Gasteiger partial charge in [0.25, 0.3) is 0 Å². The van der Waals surface area contributed by atoms with Gasteiger partial charge in [-0.2, -0.15) is 0 Å². The molecule has 2 rings (SSSR count). The standard InChI is InChI=1S/C16H27N3O4S2/c1-14-8-11-18(12-9-14)15-4-6-16(7-5-15)19(25(3,22)23)13-10-17-24(2,20)21/h4-7,14,17H,8-13H2,1-3H3. The summed E-state index contributed by atoms with van der Waals surface area (Å²) >= 11 is 0. The van der Waals surface area contributed by atoms with Crippen molar-refractivity contribution in [2.24, 2.45) is 5.92 Å². The predicted molar refractivity (Wildman–Crippen MR) is 102 cm³/mol. The molecule has 0 spiro atoms. The van der Waals surface area contributed by atoms with Gasteiger partial charge in [-0.25, -0.2) is 21.6 Å². The molecule has 25 heavy (non-hydrogen) atoms. The number of nitrogens with zero attached hydrogens (tertiary/aromatic N) is 2. The Balaban J connectivity index is 2.10. The molecular formula is C16H27N3O4S2. The van der Waals surface area contributed by atoms with E-state index in [0.717, 1.165) is 50.0 Å². The first-order chi connectivity index (χ1) is 11.6. The average Bonchev–Trinajstić information content (AvgIpc) is 2.50. The van der Waals surface area contributed by atoms with Crippen LogP contribution in [-0.2, 0) is 20.0 Å². The van der Waals surface area contributed by atoms with E-state index in [0.29, 0.717) is 5.69 Å². The first-order valence-corrected chi connectivity index (χ1v) is 12.1. The van der Waals surface area contributed by atoms with Gasteiger partial charge in [-0.1, -0.05) is 6.92 Å². The summed E-state index contributed by atoms with van der Waals surface area (Å²) in [5, 5.41) is 0. The van der Waals surface area contributed by atoms with Gasteiger partial charge in [-0.3, -0.25) is 4.31 Å². The highest BCUT2D eigenvalue weighted by Gasteiger charge is 2.19. The van der Waals surface area contributed by atoms with Gasteiger partial charge in [-0.05, 0) is 43.0 Å². The third-order valence-electron chi connectivity index (χ3n) is 4.37. The molecule has 1 aromatic rings. The van der Waals surface area contributed by atoms with Gasteiger partial charge in [0.05, 0.1) is 18.2 Å². The summed E-state index contributed by atoms with van der Waals surface area (Å²) in [5.74, 6) is 0.749. The molecule has 9 heteroatoms. The molecule has 1 saturated heterocycles. The monoisotopic (exact) mass is 389 g/mol. The van der Waals surface area contributed by atoms with Crippen LogP contribution in [0.4, 0.5) is 11.4 Å². The van der Waals surface area contributed by atoms with Crippen LogP contribution in [0, 0.1) is 5.92 Å². The molecule has 1 aromatic carbocycles. The van der Waals surface area contributed by atoms with Crippen molar-refractivity contribution in [1.82, 2.24) is 4.72 Å². The van der Waals surface area contributed by atoms with E-state index in [2.05, 4.69) is 16.5 Å². The molecule has 0 aliphatic carbocycles. The largest absolute Gasteiger partial charge is 0.372 e. The molecule has 1 fully saturated rings. The second kappa shape index (κ2) is 7.92. The van der Waals surface area contributed by atoms with Crippen LogP contribution in [0.1, 0.15) is 19.8 Å². The molecule has 0 radical (unpaired) electrons. The number of sulfonamides is 2. The molecule has 1 aliphatic rings. The first-order valence-electron chi connectivity index (χ1n) is 8.33. The van der Waals surface area contributed by atoms with Crippen molar-refractivity contribution in [2.45, 2.75) is 19.8 Å². The summed E-state index contributed by atoms with van der Waals surface area (Å²) in [5.41, 5.74) is 1.62. The minimum absolute atomic E-state index is 0.0255. The van der Waals surface area contributed by atoms with Crippen LogP contribution in [0.2, 0.25) is 0 Å². The van der Waals surface area contributed by atoms with Gasteiger partial charge in [-0.15, -0.1) is 0 Å². The lowest BCUT2D eigenvalue weighted by Gasteiger charge is -2.32. The number of hydrogen-bond acceptors (Lipinski definition) is 5. The molecular weight excluding hydrogens is 362 g/mol. The smallest absolute Gasteiger partial charge is 0.232 e. The Morgan fingerprint density at radius 3 is 2.12 bits per heavy atom. The zero-order chi connectivity index (χ0) is 18.7. The Morgan fingerprint density at radius 2 is 1.64 bits per heavy atom. The van der Waals surface area contributed by atoms with Crippen molar-refractivity contribution in [2.75, 3.05) is 47.9 Å². The molecule has 0 unspecified atom stereocenters. The number of nitrogens with one attached hydrogen (secondary N) is 1. The third-order valence-corrected chi connectivity index (χ3v) is 6.29. The van der Waals surface area contributed by atoms with Gasteiger partial charge in [0, 0.05) is 31.9 Å². The highest BCUT2D eigenvalue weighted by atomic mass is 32.2. The molecule has 1 aliphatic heterocycles. The molecule has 0 bridgehead atoms. The van der Waals surface area contributed by atoms with Crippen LogP contribution in [0.3, 0.4) is 0 Å². The molecule has 0 saturated carbocycles. The topological polar surface area (TPSA) is 86.8 Å². The zero-order valence-corrected chi connectivity index (χ0v) is 16.6. The lowest BCUT2D eigenvalue weighted by molar-refractivity contribution is 0.438. The summed E-state index contributed by atoms with van der Waals surface area (Å²) in [7, 11) is -6.85. The first kappa shape index (κ1) is 20.0. The van der Waals surface area contributed by atoms with Crippen molar-refractivity contribution in [3.05, 3.63) is 24.3 Å². The predicted octanol–water partition coefficient (Wildman–Crippen LogP) is 1.24. The maximum atomic E-state index is 12.0. The van der Waals surface area contributed by atoms with Gasteiger partial charge in [0.1, 0.15) is 0 Å². The van der Waals surface area contributed by atoms with Gasteiger partial charge in [0.15, 0.2) is 0 Å².